The van der Waals surface area contributed by atoms with Crippen molar-refractivity contribution in [2.24, 2.45) is 11.8 Å². The Morgan fingerprint density at radius 1 is 1.36 bits per heavy atom. The standard InChI is InChI=1S/C21H25NO5S/c1-5-8-27-21(25)16-12(3)22-13-10-11(2)15(20(24)26-4)19(23)17(13)18(16)14-7-6-9-28-14/h6-7,9,11,15,18,22H,5,8,10H2,1-4H3/t11-,15+,18+/m1/s1. The number of carbonyl (C=O) groups excluding carboxylic acids is 3. The Labute approximate surface area is 168 Å². The lowest BCUT2D eigenvalue weighted by molar-refractivity contribution is -0.151. The van der Waals surface area contributed by atoms with Gasteiger partial charge in [-0.05, 0) is 37.1 Å². The Kier molecular flexibility index (Phi) is 6.03. The van der Waals surface area contributed by atoms with Crippen LogP contribution in [0.15, 0.2) is 40.1 Å². The molecular formula is C21H25NO5S. The lowest BCUT2D eigenvalue weighted by Crippen LogP contribution is -2.43. The lowest BCUT2D eigenvalue weighted by Gasteiger charge is -2.37. The summed E-state index contributed by atoms with van der Waals surface area (Å²) in [7, 11) is 1.29. The lowest BCUT2D eigenvalue weighted by atomic mass is 9.70. The molecule has 0 saturated heterocycles. The molecule has 2 aliphatic rings. The highest BCUT2D eigenvalue weighted by atomic mass is 32.1. The summed E-state index contributed by atoms with van der Waals surface area (Å²) in [6.07, 6.45) is 1.25. The molecule has 1 aromatic rings. The van der Waals surface area contributed by atoms with Gasteiger partial charge in [0.1, 0.15) is 5.92 Å². The predicted octanol–water partition coefficient (Wildman–Crippen LogP) is 3.31. The van der Waals surface area contributed by atoms with Crippen molar-refractivity contribution in [2.75, 3.05) is 13.7 Å². The summed E-state index contributed by atoms with van der Waals surface area (Å²) in [4.78, 5) is 39.4. The smallest absolute Gasteiger partial charge is 0.336 e. The third-order valence-electron chi connectivity index (χ3n) is 5.23. The molecule has 6 nitrogen and oxygen atoms in total. The van der Waals surface area contributed by atoms with Crippen LogP contribution in [-0.4, -0.2) is 31.4 Å². The van der Waals surface area contributed by atoms with E-state index in [-0.39, 0.29) is 11.7 Å². The Hall–Kier alpha value is -2.41. The van der Waals surface area contributed by atoms with Crippen LogP contribution in [0.5, 0.6) is 0 Å². The van der Waals surface area contributed by atoms with Crippen molar-refractivity contribution in [1.82, 2.24) is 5.32 Å². The number of ketones is 1. The van der Waals surface area contributed by atoms with Crippen LogP contribution in [0.1, 0.15) is 44.4 Å². The van der Waals surface area contributed by atoms with E-state index in [9.17, 15) is 14.4 Å². The van der Waals surface area contributed by atoms with Crippen LogP contribution in [-0.2, 0) is 23.9 Å². The second-order valence-electron chi connectivity index (χ2n) is 7.19. The van der Waals surface area contributed by atoms with E-state index in [1.807, 2.05) is 38.3 Å². The highest BCUT2D eigenvalue weighted by molar-refractivity contribution is 7.10. The highest BCUT2D eigenvalue weighted by Crippen LogP contribution is 2.46. The molecular weight excluding hydrogens is 378 g/mol. The molecule has 0 bridgehead atoms. The molecule has 3 atom stereocenters. The van der Waals surface area contributed by atoms with E-state index in [1.54, 1.807) is 0 Å². The number of nitrogens with one attached hydrogen (secondary N) is 1. The minimum atomic E-state index is -0.862. The first kappa shape index (κ1) is 20.3. The van der Waals surface area contributed by atoms with Gasteiger partial charge in [-0.15, -0.1) is 11.3 Å². The van der Waals surface area contributed by atoms with Gasteiger partial charge in [0.2, 0.25) is 0 Å². The van der Waals surface area contributed by atoms with Gasteiger partial charge >= 0.3 is 11.9 Å². The molecule has 1 aromatic heterocycles. The third kappa shape index (κ3) is 3.51. The molecule has 1 aliphatic carbocycles. The van der Waals surface area contributed by atoms with Crippen LogP contribution in [0.4, 0.5) is 0 Å². The van der Waals surface area contributed by atoms with Gasteiger partial charge in [0, 0.05) is 21.8 Å². The van der Waals surface area contributed by atoms with E-state index in [0.29, 0.717) is 36.3 Å². The van der Waals surface area contributed by atoms with Gasteiger partial charge in [0.15, 0.2) is 5.78 Å². The zero-order chi connectivity index (χ0) is 20.4. The Morgan fingerprint density at radius 3 is 2.71 bits per heavy atom. The maximum Gasteiger partial charge on any atom is 0.336 e. The number of methoxy groups -OCH3 is 1. The van der Waals surface area contributed by atoms with Gasteiger partial charge in [0.25, 0.3) is 0 Å². The first-order valence-corrected chi connectivity index (χ1v) is 10.3. The van der Waals surface area contributed by atoms with Crippen molar-refractivity contribution in [2.45, 2.75) is 39.5 Å². The van der Waals surface area contributed by atoms with Crippen LogP contribution in [0.2, 0.25) is 0 Å². The average Bonchev–Trinajstić information content (AvgIpc) is 3.19. The number of allylic oxidation sites excluding steroid dienone is 3. The first-order valence-electron chi connectivity index (χ1n) is 9.44. The summed E-state index contributed by atoms with van der Waals surface area (Å²) in [5.41, 5.74) is 2.38. The Morgan fingerprint density at radius 2 is 2.11 bits per heavy atom. The number of thiophene rings is 1. The molecule has 150 valence electrons. The summed E-state index contributed by atoms with van der Waals surface area (Å²) in [5, 5.41) is 5.16. The molecule has 0 fully saturated rings. The zero-order valence-corrected chi connectivity index (χ0v) is 17.4. The quantitative estimate of drug-likeness (QED) is 0.600. The highest BCUT2D eigenvalue weighted by Gasteiger charge is 2.47. The maximum atomic E-state index is 13.4. The predicted molar refractivity (Wildman–Crippen MR) is 105 cm³/mol. The van der Waals surface area contributed by atoms with Crippen molar-refractivity contribution < 1.29 is 23.9 Å². The first-order chi connectivity index (χ1) is 13.4. The Bertz CT molecular complexity index is 852. The minimum Gasteiger partial charge on any atom is -0.468 e. The second kappa shape index (κ2) is 8.31. The maximum absolute atomic E-state index is 13.4. The van der Waals surface area contributed by atoms with Gasteiger partial charge < -0.3 is 14.8 Å². The van der Waals surface area contributed by atoms with E-state index in [2.05, 4.69) is 5.32 Å². The van der Waals surface area contributed by atoms with Gasteiger partial charge in [-0.2, -0.15) is 0 Å². The molecule has 2 heterocycles. The van der Waals surface area contributed by atoms with Crippen LogP contribution >= 0.6 is 11.3 Å². The number of Topliss-reactive ketones (excluding diaryl/α,β-unsaturated/α-hetero) is 1. The summed E-state index contributed by atoms with van der Waals surface area (Å²) < 4.78 is 10.3. The summed E-state index contributed by atoms with van der Waals surface area (Å²) in [6, 6.07) is 3.80. The zero-order valence-electron chi connectivity index (χ0n) is 16.5. The second-order valence-corrected chi connectivity index (χ2v) is 8.17. The van der Waals surface area contributed by atoms with Crippen LogP contribution in [0.25, 0.3) is 0 Å². The number of esters is 2. The van der Waals surface area contributed by atoms with E-state index >= 15 is 0 Å². The monoisotopic (exact) mass is 403 g/mol. The molecule has 0 saturated carbocycles. The minimum absolute atomic E-state index is 0.184. The molecule has 28 heavy (non-hydrogen) atoms. The van der Waals surface area contributed by atoms with E-state index < -0.39 is 23.8 Å². The molecule has 7 heteroatoms. The average molecular weight is 404 g/mol. The number of hydrogen-bond acceptors (Lipinski definition) is 7. The van der Waals surface area contributed by atoms with Crippen LogP contribution in [0.3, 0.4) is 0 Å². The fraction of sp³-hybridized carbons (Fsp3) is 0.476. The number of ether oxygens (including phenoxy) is 2. The van der Waals surface area contributed by atoms with E-state index in [1.165, 1.54) is 18.4 Å². The summed E-state index contributed by atoms with van der Waals surface area (Å²) in [5.74, 6) is -2.82. The molecule has 1 aliphatic heterocycles. The number of hydrogen-bond donors (Lipinski definition) is 1. The SMILES string of the molecule is CCCOC(=O)C1=C(C)NC2=C(C(=O)[C@@H](C(=O)OC)[C@H](C)C2)[C@H]1c1cccs1. The normalized spacial score (nSPS) is 24.6. The number of rotatable bonds is 5. The van der Waals surface area contributed by atoms with Crippen LogP contribution in [0, 0.1) is 11.8 Å². The molecule has 3 rings (SSSR count). The van der Waals surface area contributed by atoms with E-state index in [0.717, 1.165) is 10.6 Å². The van der Waals surface area contributed by atoms with Crippen LogP contribution < -0.4 is 5.32 Å². The van der Waals surface area contributed by atoms with Crippen molar-refractivity contribution in [3.8, 4) is 0 Å². The third-order valence-corrected chi connectivity index (χ3v) is 6.17. The molecule has 1 N–H and O–H groups in total. The molecule has 0 radical (unpaired) electrons. The topological polar surface area (TPSA) is 81.7 Å². The van der Waals surface area contributed by atoms with Gasteiger partial charge in [-0.25, -0.2) is 4.79 Å². The molecule has 0 unspecified atom stereocenters. The van der Waals surface area contributed by atoms with E-state index in [4.69, 9.17) is 9.47 Å². The molecule has 0 spiro atoms. The van der Waals surface area contributed by atoms with Gasteiger partial charge in [0.05, 0.1) is 25.2 Å². The van der Waals surface area contributed by atoms with Gasteiger partial charge in [-0.1, -0.05) is 19.9 Å². The van der Waals surface area contributed by atoms with Crippen molar-refractivity contribution in [1.29, 1.82) is 0 Å². The molecule has 0 aromatic carbocycles. The molecule has 0 amide bonds. The number of carbonyl (C=O) groups is 3. The fourth-order valence-corrected chi connectivity index (χ4v) is 4.81. The summed E-state index contributed by atoms with van der Waals surface area (Å²) >= 11 is 1.48. The van der Waals surface area contributed by atoms with Crippen molar-refractivity contribution in [3.05, 3.63) is 44.9 Å². The van der Waals surface area contributed by atoms with Gasteiger partial charge in [-0.3, -0.25) is 9.59 Å². The Balaban J connectivity index is 2.10. The van der Waals surface area contributed by atoms with Crippen molar-refractivity contribution >= 4 is 29.1 Å². The fourth-order valence-electron chi connectivity index (χ4n) is 3.96. The van der Waals surface area contributed by atoms with Crippen molar-refractivity contribution in [3.63, 3.8) is 0 Å². The summed E-state index contributed by atoms with van der Waals surface area (Å²) in [6.45, 7) is 5.94. The largest absolute Gasteiger partial charge is 0.468 e. The number of dihydropyridines is 1.